The van der Waals surface area contributed by atoms with Crippen molar-refractivity contribution in [3.63, 3.8) is 0 Å². The molecule has 5 nitrogen and oxygen atoms in total. The standard InChI is InChI=1S/C10H8ClNO4/c1-12-8(13)4-16-7-3-5(11)2-6(9(7)12)10(14)15/h2-3H,4H2,1H3,(H,14,15). The number of hydrogen-bond acceptors (Lipinski definition) is 3. The van der Waals surface area contributed by atoms with E-state index >= 15 is 0 Å². The summed E-state index contributed by atoms with van der Waals surface area (Å²) in [5.41, 5.74) is 0.200. The number of carboxylic acids is 1. The Kier molecular flexibility index (Phi) is 2.47. The average Bonchev–Trinajstić information content (AvgIpc) is 2.22. The molecule has 0 radical (unpaired) electrons. The highest BCUT2D eigenvalue weighted by molar-refractivity contribution is 6.31. The van der Waals surface area contributed by atoms with E-state index in [4.69, 9.17) is 21.4 Å². The van der Waals surface area contributed by atoms with Crippen LogP contribution in [0.2, 0.25) is 5.02 Å². The molecule has 84 valence electrons. The van der Waals surface area contributed by atoms with Gasteiger partial charge in [0.2, 0.25) is 0 Å². The van der Waals surface area contributed by atoms with Gasteiger partial charge in [0.05, 0.1) is 5.56 Å². The van der Waals surface area contributed by atoms with E-state index in [1.807, 2.05) is 0 Å². The van der Waals surface area contributed by atoms with Crippen LogP contribution in [-0.2, 0) is 4.79 Å². The lowest BCUT2D eigenvalue weighted by atomic mass is 10.1. The number of aromatic carboxylic acids is 1. The van der Waals surface area contributed by atoms with Gasteiger partial charge in [-0.2, -0.15) is 0 Å². The van der Waals surface area contributed by atoms with Crippen molar-refractivity contribution in [2.75, 3.05) is 18.6 Å². The monoisotopic (exact) mass is 241 g/mol. The molecule has 1 aliphatic heterocycles. The van der Waals surface area contributed by atoms with Crippen LogP contribution in [0.5, 0.6) is 5.75 Å². The van der Waals surface area contributed by atoms with Crippen molar-refractivity contribution in [2.45, 2.75) is 0 Å². The molecule has 0 saturated heterocycles. The molecule has 2 rings (SSSR count). The van der Waals surface area contributed by atoms with Crippen molar-refractivity contribution in [3.05, 3.63) is 22.7 Å². The summed E-state index contributed by atoms with van der Waals surface area (Å²) < 4.78 is 5.14. The minimum atomic E-state index is -1.15. The molecule has 0 fully saturated rings. The number of fused-ring (bicyclic) bond motifs is 1. The second kappa shape index (κ2) is 3.68. The fourth-order valence-corrected chi connectivity index (χ4v) is 1.76. The number of ether oxygens (including phenoxy) is 1. The minimum absolute atomic E-state index is 0.0435. The van der Waals surface area contributed by atoms with Gasteiger partial charge < -0.3 is 14.7 Å². The van der Waals surface area contributed by atoms with Crippen molar-refractivity contribution < 1.29 is 19.4 Å². The first-order valence-electron chi connectivity index (χ1n) is 4.47. The molecule has 1 N–H and O–H groups in total. The first-order chi connectivity index (χ1) is 7.50. The average molecular weight is 242 g/mol. The Morgan fingerprint density at radius 3 is 2.88 bits per heavy atom. The molecule has 1 heterocycles. The first-order valence-corrected chi connectivity index (χ1v) is 4.84. The number of carbonyl (C=O) groups excluding carboxylic acids is 1. The zero-order valence-electron chi connectivity index (χ0n) is 8.36. The molecule has 0 atom stereocenters. The Labute approximate surface area is 96.2 Å². The van der Waals surface area contributed by atoms with Crippen LogP contribution < -0.4 is 9.64 Å². The van der Waals surface area contributed by atoms with E-state index < -0.39 is 5.97 Å². The van der Waals surface area contributed by atoms with Gasteiger partial charge in [0.15, 0.2) is 6.61 Å². The maximum atomic E-state index is 11.4. The Hall–Kier alpha value is -1.75. The third kappa shape index (κ3) is 1.59. The van der Waals surface area contributed by atoms with E-state index in [9.17, 15) is 9.59 Å². The molecule has 1 amide bonds. The SMILES string of the molecule is CN1C(=O)COc2cc(Cl)cc(C(=O)O)c21. The van der Waals surface area contributed by atoms with Crippen molar-refractivity contribution in [3.8, 4) is 5.75 Å². The van der Waals surface area contributed by atoms with E-state index in [-0.39, 0.29) is 28.8 Å². The van der Waals surface area contributed by atoms with Crippen LogP contribution >= 0.6 is 11.6 Å². The van der Waals surface area contributed by atoms with Gasteiger partial charge in [0, 0.05) is 18.1 Å². The number of carbonyl (C=O) groups is 2. The van der Waals surface area contributed by atoms with Crippen LogP contribution in [0.25, 0.3) is 0 Å². The second-order valence-corrected chi connectivity index (χ2v) is 3.78. The lowest BCUT2D eigenvalue weighted by Gasteiger charge is -2.27. The fourth-order valence-electron chi connectivity index (χ4n) is 1.55. The zero-order chi connectivity index (χ0) is 11.9. The Bertz CT molecular complexity index is 486. The summed E-state index contributed by atoms with van der Waals surface area (Å²) in [6, 6.07) is 2.79. The Morgan fingerprint density at radius 1 is 1.56 bits per heavy atom. The van der Waals surface area contributed by atoms with Gasteiger partial charge in [-0.15, -0.1) is 0 Å². The van der Waals surface area contributed by atoms with E-state index in [1.54, 1.807) is 0 Å². The van der Waals surface area contributed by atoms with Crippen LogP contribution in [0, 0.1) is 0 Å². The highest BCUT2D eigenvalue weighted by Crippen LogP contribution is 2.37. The maximum Gasteiger partial charge on any atom is 0.338 e. The Morgan fingerprint density at radius 2 is 2.25 bits per heavy atom. The number of likely N-dealkylation sites (N-methyl/N-ethyl adjacent to an activating group) is 1. The summed E-state index contributed by atoms with van der Waals surface area (Å²) >= 11 is 5.76. The van der Waals surface area contributed by atoms with Gasteiger partial charge in [-0.3, -0.25) is 4.79 Å². The molecule has 1 aromatic rings. The van der Waals surface area contributed by atoms with Gasteiger partial charge in [-0.05, 0) is 6.07 Å². The molecule has 0 aromatic heterocycles. The number of anilines is 1. The third-order valence-corrected chi connectivity index (χ3v) is 2.55. The lowest BCUT2D eigenvalue weighted by Crippen LogP contribution is -2.36. The van der Waals surface area contributed by atoms with Crippen molar-refractivity contribution in [1.82, 2.24) is 0 Å². The van der Waals surface area contributed by atoms with Gasteiger partial charge in [0.25, 0.3) is 5.91 Å². The van der Waals surface area contributed by atoms with E-state index in [2.05, 4.69) is 0 Å². The number of nitrogens with zero attached hydrogens (tertiary/aromatic N) is 1. The predicted molar refractivity (Wildman–Crippen MR) is 57.3 cm³/mol. The van der Waals surface area contributed by atoms with Gasteiger partial charge >= 0.3 is 5.97 Å². The summed E-state index contributed by atoms with van der Waals surface area (Å²) in [5, 5.41) is 9.28. The molecule has 0 aliphatic carbocycles. The topological polar surface area (TPSA) is 66.8 Å². The number of halogens is 1. The predicted octanol–water partition coefficient (Wildman–Crippen LogP) is 1.39. The van der Waals surface area contributed by atoms with E-state index in [0.29, 0.717) is 5.75 Å². The normalized spacial score (nSPS) is 14.4. The Balaban J connectivity index is 2.67. The van der Waals surface area contributed by atoms with Crippen molar-refractivity contribution >= 4 is 29.2 Å². The van der Waals surface area contributed by atoms with Crippen LogP contribution in [0.4, 0.5) is 5.69 Å². The van der Waals surface area contributed by atoms with Gasteiger partial charge in [-0.25, -0.2) is 4.79 Å². The van der Waals surface area contributed by atoms with Crippen LogP contribution in [0.15, 0.2) is 12.1 Å². The van der Waals surface area contributed by atoms with Crippen LogP contribution in [0.3, 0.4) is 0 Å². The van der Waals surface area contributed by atoms with Crippen LogP contribution in [0.1, 0.15) is 10.4 Å². The molecule has 1 aliphatic rings. The fraction of sp³-hybridized carbons (Fsp3) is 0.200. The molecule has 0 unspecified atom stereocenters. The molecule has 0 saturated carbocycles. The summed E-state index contributed by atoms with van der Waals surface area (Å²) in [6.45, 7) is -0.108. The number of carboxylic acid groups (broad SMARTS) is 1. The molecule has 0 bridgehead atoms. The van der Waals surface area contributed by atoms with E-state index in [1.165, 1.54) is 24.1 Å². The summed E-state index contributed by atoms with van der Waals surface area (Å²) in [4.78, 5) is 23.7. The number of rotatable bonds is 1. The summed E-state index contributed by atoms with van der Waals surface area (Å²) in [5.74, 6) is -1.13. The maximum absolute atomic E-state index is 11.4. The largest absolute Gasteiger partial charge is 0.481 e. The number of benzene rings is 1. The molecule has 0 spiro atoms. The summed E-state index contributed by atoms with van der Waals surface area (Å²) in [7, 11) is 1.50. The zero-order valence-corrected chi connectivity index (χ0v) is 9.11. The smallest absolute Gasteiger partial charge is 0.338 e. The molecular weight excluding hydrogens is 234 g/mol. The second-order valence-electron chi connectivity index (χ2n) is 3.35. The molecule has 6 heteroatoms. The van der Waals surface area contributed by atoms with Crippen molar-refractivity contribution in [1.29, 1.82) is 0 Å². The lowest BCUT2D eigenvalue weighted by molar-refractivity contribution is -0.120. The van der Waals surface area contributed by atoms with Crippen molar-refractivity contribution in [2.24, 2.45) is 0 Å². The molecular formula is C10H8ClNO4. The number of amides is 1. The minimum Gasteiger partial charge on any atom is -0.481 e. The van der Waals surface area contributed by atoms with E-state index in [0.717, 1.165) is 0 Å². The first kappa shape index (κ1) is 10.8. The highest BCUT2D eigenvalue weighted by atomic mass is 35.5. The molecule has 16 heavy (non-hydrogen) atoms. The quantitative estimate of drug-likeness (QED) is 0.807. The summed E-state index contributed by atoms with van der Waals surface area (Å²) in [6.07, 6.45) is 0. The van der Waals surface area contributed by atoms with Gasteiger partial charge in [0.1, 0.15) is 11.4 Å². The van der Waals surface area contributed by atoms with Crippen LogP contribution in [-0.4, -0.2) is 30.6 Å². The molecule has 1 aromatic carbocycles. The number of hydrogen-bond donors (Lipinski definition) is 1. The van der Waals surface area contributed by atoms with Gasteiger partial charge in [-0.1, -0.05) is 11.6 Å². The highest BCUT2D eigenvalue weighted by Gasteiger charge is 2.28. The third-order valence-electron chi connectivity index (χ3n) is 2.33.